The van der Waals surface area contributed by atoms with Gasteiger partial charge in [-0.05, 0) is 29.8 Å². The van der Waals surface area contributed by atoms with Crippen molar-refractivity contribution in [3.8, 4) is 0 Å². The molecule has 2 aromatic heterocycles. The Morgan fingerprint density at radius 3 is 2.65 bits per heavy atom. The number of ether oxygens (including phenoxy) is 1. The Morgan fingerprint density at radius 1 is 1.08 bits per heavy atom. The molecule has 1 aromatic carbocycles. The smallest absolute Gasteiger partial charge is 0.165 e. The molecule has 1 fully saturated rings. The van der Waals surface area contributed by atoms with E-state index in [1.54, 1.807) is 18.3 Å². The summed E-state index contributed by atoms with van der Waals surface area (Å²) in [7, 11) is 0. The van der Waals surface area contributed by atoms with E-state index >= 15 is 0 Å². The number of rotatable bonds is 3. The summed E-state index contributed by atoms with van der Waals surface area (Å²) in [5.74, 6) is -2.18. The van der Waals surface area contributed by atoms with Gasteiger partial charge in [0.25, 0.3) is 0 Å². The van der Waals surface area contributed by atoms with Crippen molar-refractivity contribution < 1.29 is 28.8 Å². The highest BCUT2D eigenvalue weighted by Crippen LogP contribution is 2.37. The molecule has 0 saturated carbocycles. The van der Waals surface area contributed by atoms with Crippen molar-refractivity contribution in [2.24, 2.45) is 0 Å². The Morgan fingerprint density at radius 2 is 1.88 bits per heavy atom. The lowest BCUT2D eigenvalue weighted by Crippen LogP contribution is -2.34. The maximum Gasteiger partial charge on any atom is 0.165 e. The van der Waals surface area contributed by atoms with Gasteiger partial charge >= 0.3 is 0 Å². The fraction of sp³-hybridized carbons (Fsp3) is 0.294. The molecule has 3 aromatic rings. The van der Waals surface area contributed by atoms with E-state index in [9.17, 15) is 24.1 Å². The topological polar surface area (TPSA) is 101 Å². The minimum atomic E-state index is -1.47. The number of halogens is 2. The second-order valence-corrected chi connectivity index (χ2v) is 6.09. The molecule has 1 aliphatic heterocycles. The van der Waals surface area contributed by atoms with Gasteiger partial charge in [-0.1, -0.05) is 6.07 Å². The molecular formula is C17H15F2N3O4. The summed E-state index contributed by atoms with van der Waals surface area (Å²) in [5.41, 5.74) is 1.03. The first-order valence-electron chi connectivity index (χ1n) is 7.89. The number of benzene rings is 1. The summed E-state index contributed by atoms with van der Waals surface area (Å²) in [5, 5.41) is 31.1. The lowest BCUT2D eigenvalue weighted by molar-refractivity contribution is -0.0850. The van der Waals surface area contributed by atoms with Crippen LogP contribution in [0.3, 0.4) is 0 Å². The summed E-state index contributed by atoms with van der Waals surface area (Å²) >= 11 is 0. The monoisotopic (exact) mass is 363 g/mol. The molecule has 1 saturated heterocycles. The Kier molecular flexibility index (Phi) is 4.16. The zero-order valence-electron chi connectivity index (χ0n) is 13.3. The first kappa shape index (κ1) is 17.0. The van der Waals surface area contributed by atoms with Gasteiger partial charge in [-0.3, -0.25) is 4.57 Å². The average molecular weight is 363 g/mol. The normalized spacial score (nSPS) is 27.1. The second kappa shape index (κ2) is 6.36. The summed E-state index contributed by atoms with van der Waals surface area (Å²) in [4.78, 5) is 8.31. The highest BCUT2D eigenvalue weighted by Gasteiger charge is 2.47. The van der Waals surface area contributed by atoms with E-state index in [4.69, 9.17) is 4.74 Å². The summed E-state index contributed by atoms with van der Waals surface area (Å²) in [6, 6.07) is 6.31. The Labute approximate surface area is 146 Å². The zero-order valence-corrected chi connectivity index (χ0v) is 13.3. The molecule has 0 unspecified atom stereocenters. The standard InChI is InChI=1S/C17H15F2N3O4/c18-9-4-3-8(6-10(9)19)12(23)15-13(24)14(25)17(26-15)22-7-21-11-2-1-5-20-16(11)22/h1-7,12-15,17,23-25H/t12-,13+,14-,15-,17-/m1/s1. The SMILES string of the molecule is O[C@@H]1[C@H](O)[C@@H]([C@H](O)c2ccc(F)c(F)c2)O[C@H]1n1cnc2cccnc21. The first-order chi connectivity index (χ1) is 12.5. The van der Waals surface area contributed by atoms with Crippen molar-refractivity contribution in [1.82, 2.24) is 14.5 Å². The van der Waals surface area contributed by atoms with Crippen molar-refractivity contribution >= 4 is 11.2 Å². The Hall–Kier alpha value is -2.46. The van der Waals surface area contributed by atoms with Crippen LogP contribution in [-0.4, -0.2) is 48.2 Å². The fourth-order valence-electron chi connectivity index (χ4n) is 3.12. The lowest BCUT2D eigenvalue weighted by atomic mass is 9.99. The molecular weight excluding hydrogens is 348 g/mol. The van der Waals surface area contributed by atoms with Gasteiger partial charge in [0.15, 0.2) is 23.5 Å². The summed E-state index contributed by atoms with van der Waals surface area (Å²) < 4.78 is 33.6. The van der Waals surface area contributed by atoms with E-state index in [0.717, 1.165) is 12.1 Å². The van der Waals surface area contributed by atoms with Gasteiger partial charge in [0, 0.05) is 6.20 Å². The van der Waals surface area contributed by atoms with E-state index in [2.05, 4.69) is 9.97 Å². The highest BCUT2D eigenvalue weighted by atomic mass is 19.2. The van der Waals surface area contributed by atoms with Crippen LogP contribution in [0, 0.1) is 11.6 Å². The predicted molar refractivity (Wildman–Crippen MR) is 84.8 cm³/mol. The molecule has 0 bridgehead atoms. The van der Waals surface area contributed by atoms with Crippen LogP contribution in [0.5, 0.6) is 0 Å². The molecule has 0 aliphatic carbocycles. The molecule has 7 nitrogen and oxygen atoms in total. The summed E-state index contributed by atoms with van der Waals surface area (Å²) in [6.07, 6.45) is -3.64. The third-order valence-corrected chi connectivity index (χ3v) is 4.48. The number of nitrogens with zero attached hydrogens (tertiary/aromatic N) is 3. The second-order valence-electron chi connectivity index (χ2n) is 6.09. The molecule has 5 atom stereocenters. The van der Waals surface area contributed by atoms with Crippen molar-refractivity contribution in [3.63, 3.8) is 0 Å². The third kappa shape index (κ3) is 2.65. The van der Waals surface area contributed by atoms with Crippen molar-refractivity contribution in [2.45, 2.75) is 30.6 Å². The number of hydrogen-bond donors (Lipinski definition) is 3. The van der Waals surface area contributed by atoms with Crippen LogP contribution < -0.4 is 0 Å². The quantitative estimate of drug-likeness (QED) is 0.643. The summed E-state index contributed by atoms with van der Waals surface area (Å²) in [6.45, 7) is 0. The molecule has 3 N–H and O–H groups in total. The number of hydrogen-bond acceptors (Lipinski definition) is 6. The molecule has 4 rings (SSSR count). The van der Waals surface area contributed by atoms with Crippen LogP contribution >= 0.6 is 0 Å². The molecule has 3 heterocycles. The minimum absolute atomic E-state index is 0.0226. The number of fused-ring (bicyclic) bond motifs is 1. The van der Waals surface area contributed by atoms with Gasteiger partial charge in [-0.25, -0.2) is 18.7 Å². The molecule has 26 heavy (non-hydrogen) atoms. The number of aliphatic hydroxyl groups is 3. The van der Waals surface area contributed by atoms with Crippen LogP contribution in [0.2, 0.25) is 0 Å². The molecule has 136 valence electrons. The maximum atomic E-state index is 13.4. The third-order valence-electron chi connectivity index (χ3n) is 4.48. The lowest BCUT2D eigenvalue weighted by Gasteiger charge is -2.21. The van der Waals surface area contributed by atoms with E-state index in [0.29, 0.717) is 11.2 Å². The average Bonchev–Trinajstić information content (AvgIpc) is 3.19. The Bertz CT molecular complexity index is 951. The van der Waals surface area contributed by atoms with E-state index < -0.39 is 42.3 Å². The first-order valence-corrected chi connectivity index (χ1v) is 7.89. The number of aliphatic hydroxyl groups excluding tert-OH is 3. The minimum Gasteiger partial charge on any atom is -0.387 e. The van der Waals surface area contributed by atoms with Crippen LogP contribution in [-0.2, 0) is 4.74 Å². The molecule has 0 radical (unpaired) electrons. The van der Waals surface area contributed by atoms with Gasteiger partial charge in [0.05, 0.1) is 6.33 Å². The van der Waals surface area contributed by atoms with Gasteiger partial charge < -0.3 is 20.1 Å². The number of pyridine rings is 1. The Balaban J connectivity index is 1.64. The van der Waals surface area contributed by atoms with E-state index in [-0.39, 0.29) is 5.56 Å². The van der Waals surface area contributed by atoms with Crippen molar-refractivity contribution in [1.29, 1.82) is 0 Å². The van der Waals surface area contributed by atoms with Gasteiger partial charge in [-0.15, -0.1) is 0 Å². The fourth-order valence-corrected chi connectivity index (χ4v) is 3.12. The van der Waals surface area contributed by atoms with Crippen LogP contribution in [0.4, 0.5) is 8.78 Å². The van der Waals surface area contributed by atoms with Gasteiger partial charge in [0.1, 0.15) is 29.9 Å². The van der Waals surface area contributed by atoms with Crippen LogP contribution in [0.25, 0.3) is 11.2 Å². The van der Waals surface area contributed by atoms with Crippen LogP contribution in [0.15, 0.2) is 42.9 Å². The largest absolute Gasteiger partial charge is 0.387 e. The van der Waals surface area contributed by atoms with Gasteiger partial charge in [-0.2, -0.15) is 0 Å². The van der Waals surface area contributed by atoms with Crippen LogP contribution in [0.1, 0.15) is 17.9 Å². The molecule has 0 spiro atoms. The number of aromatic nitrogens is 3. The molecule has 1 aliphatic rings. The highest BCUT2D eigenvalue weighted by molar-refractivity contribution is 5.70. The molecule has 9 heteroatoms. The van der Waals surface area contributed by atoms with E-state index in [1.165, 1.54) is 17.0 Å². The maximum absolute atomic E-state index is 13.4. The van der Waals surface area contributed by atoms with Gasteiger partial charge in [0.2, 0.25) is 0 Å². The number of imidazole rings is 1. The van der Waals surface area contributed by atoms with Crippen molar-refractivity contribution in [3.05, 3.63) is 60.1 Å². The zero-order chi connectivity index (χ0) is 18.4. The molecule has 0 amide bonds. The predicted octanol–water partition coefficient (Wildman–Crippen LogP) is 1.06. The van der Waals surface area contributed by atoms with E-state index in [1.807, 2.05) is 0 Å². The van der Waals surface area contributed by atoms with Crippen molar-refractivity contribution in [2.75, 3.05) is 0 Å².